The van der Waals surface area contributed by atoms with Crippen LogP contribution in [-0.2, 0) is 14.3 Å². The summed E-state index contributed by atoms with van der Waals surface area (Å²) in [5, 5.41) is 23.9. The van der Waals surface area contributed by atoms with Gasteiger partial charge in [0.15, 0.2) is 0 Å². The van der Waals surface area contributed by atoms with Crippen LogP contribution in [0.25, 0.3) is 0 Å². The first-order valence-corrected chi connectivity index (χ1v) is 30.0. The fourth-order valence-electron chi connectivity index (χ4n) is 9.00. The van der Waals surface area contributed by atoms with E-state index < -0.39 is 18.2 Å². The third-order valence-corrected chi connectivity index (χ3v) is 13.6. The summed E-state index contributed by atoms with van der Waals surface area (Å²) in [6.45, 7) is 6.47. The molecule has 0 rings (SSSR count). The number of amides is 1. The van der Waals surface area contributed by atoms with Gasteiger partial charge in [-0.1, -0.05) is 261 Å². The van der Waals surface area contributed by atoms with Gasteiger partial charge in [-0.2, -0.15) is 0 Å². The van der Waals surface area contributed by atoms with Gasteiger partial charge in [0.2, 0.25) is 5.91 Å². The van der Waals surface area contributed by atoms with Gasteiger partial charge in [0.05, 0.1) is 25.2 Å². The Kier molecular flexibility index (Phi) is 54.5. The summed E-state index contributed by atoms with van der Waals surface area (Å²) in [5.41, 5.74) is 0. The van der Waals surface area contributed by atoms with Crippen LogP contribution in [0.1, 0.15) is 303 Å². The first-order valence-electron chi connectivity index (χ1n) is 30.0. The van der Waals surface area contributed by atoms with Gasteiger partial charge >= 0.3 is 5.97 Å². The molecular formula is C63H115NO5. The van der Waals surface area contributed by atoms with Crippen LogP contribution in [0.3, 0.4) is 0 Å². The number of carbonyl (C=O) groups is 2. The molecule has 0 aliphatic heterocycles. The van der Waals surface area contributed by atoms with E-state index in [2.05, 4.69) is 86.8 Å². The number of aliphatic hydroxyl groups is 2. The highest BCUT2D eigenvalue weighted by molar-refractivity contribution is 5.77. The van der Waals surface area contributed by atoms with Gasteiger partial charge in [-0.15, -0.1) is 0 Å². The van der Waals surface area contributed by atoms with Crippen molar-refractivity contribution in [2.75, 3.05) is 6.61 Å². The summed E-state index contributed by atoms with van der Waals surface area (Å²) in [4.78, 5) is 26.3. The number of nitrogens with one attached hydrogen (secondary N) is 1. The van der Waals surface area contributed by atoms with Crippen LogP contribution in [0.4, 0.5) is 0 Å². The maximum Gasteiger partial charge on any atom is 0.306 e. The van der Waals surface area contributed by atoms with E-state index in [1.807, 2.05) is 0 Å². The molecule has 69 heavy (non-hydrogen) atoms. The molecule has 0 saturated carbocycles. The Morgan fingerprint density at radius 3 is 1.19 bits per heavy atom. The maximum absolute atomic E-state index is 13.3. The zero-order valence-electron chi connectivity index (χ0n) is 45.9. The highest BCUT2D eigenvalue weighted by atomic mass is 16.5. The third-order valence-electron chi connectivity index (χ3n) is 13.6. The molecule has 0 radical (unpaired) electrons. The van der Waals surface area contributed by atoms with Gasteiger partial charge in [-0.25, -0.2) is 0 Å². The second kappa shape index (κ2) is 56.5. The predicted molar refractivity (Wildman–Crippen MR) is 301 cm³/mol. The van der Waals surface area contributed by atoms with Crippen molar-refractivity contribution in [2.45, 2.75) is 322 Å². The molecule has 402 valence electrons. The molecule has 6 heteroatoms. The van der Waals surface area contributed by atoms with Crippen LogP contribution in [0.2, 0.25) is 0 Å². The fourth-order valence-corrected chi connectivity index (χ4v) is 9.00. The number of allylic oxidation sites excluding steroid dienone is 10. The van der Waals surface area contributed by atoms with Crippen molar-refractivity contribution in [1.29, 1.82) is 0 Å². The lowest BCUT2D eigenvalue weighted by atomic mass is 10.0. The molecule has 0 aliphatic carbocycles. The van der Waals surface area contributed by atoms with Crippen LogP contribution in [-0.4, -0.2) is 46.9 Å². The number of rotatable bonds is 54. The minimum Gasteiger partial charge on any atom is -0.462 e. The summed E-state index contributed by atoms with van der Waals surface area (Å²) < 4.78 is 5.94. The predicted octanol–water partition coefficient (Wildman–Crippen LogP) is 18.7. The van der Waals surface area contributed by atoms with Crippen molar-refractivity contribution in [3.05, 3.63) is 60.8 Å². The molecule has 0 fully saturated rings. The van der Waals surface area contributed by atoms with E-state index in [0.29, 0.717) is 19.3 Å². The van der Waals surface area contributed by atoms with Gasteiger partial charge in [0, 0.05) is 6.42 Å². The largest absolute Gasteiger partial charge is 0.462 e. The Hall–Kier alpha value is -2.44. The van der Waals surface area contributed by atoms with E-state index in [-0.39, 0.29) is 24.9 Å². The molecule has 3 N–H and O–H groups in total. The van der Waals surface area contributed by atoms with Crippen LogP contribution in [0.5, 0.6) is 0 Å². The van der Waals surface area contributed by atoms with Crippen molar-refractivity contribution in [3.63, 3.8) is 0 Å². The molecule has 0 aliphatic rings. The van der Waals surface area contributed by atoms with Gasteiger partial charge in [-0.3, -0.25) is 9.59 Å². The minimum absolute atomic E-state index is 0.0369. The number of unbranched alkanes of at least 4 members (excludes halogenated alkanes) is 32. The van der Waals surface area contributed by atoms with E-state index in [4.69, 9.17) is 4.74 Å². The SMILES string of the molecule is CCCCC/C=C\C/C=C\C/C=C\C/C=C\CCCC(CC(=O)NC(CO)C(O)CCCCCCCCCCCCCCCCC)OC(=O)CCCCCCC/C=C/CCCCCCCCCCC. The molecule has 0 bridgehead atoms. The Morgan fingerprint density at radius 1 is 0.420 bits per heavy atom. The smallest absolute Gasteiger partial charge is 0.306 e. The Balaban J connectivity index is 4.65. The molecule has 0 aromatic carbocycles. The first kappa shape index (κ1) is 66.6. The lowest BCUT2D eigenvalue weighted by Gasteiger charge is -2.24. The van der Waals surface area contributed by atoms with E-state index in [0.717, 1.165) is 77.0 Å². The van der Waals surface area contributed by atoms with Crippen molar-refractivity contribution >= 4 is 11.9 Å². The van der Waals surface area contributed by atoms with Crippen LogP contribution in [0.15, 0.2) is 60.8 Å². The Labute approximate surface area is 428 Å². The second-order valence-corrected chi connectivity index (χ2v) is 20.4. The summed E-state index contributed by atoms with van der Waals surface area (Å²) in [6, 6.07) is -0.723. The van der Waals surface area contributed by atoms with E-state index in [9.17, 15) is 19.8 Å². The number of ether oxygens (including phenoxy) is 1. The molecule has 0 aromatic rings. The average Bonchev–Trinajstić information content (AvgIpc) is 3.34. The van der Waals surface area contributed by atoms with Crippen molar-refractivity contribution in [2.24, 2.45) is 0 Å². The quantitative estimate of drug-likeness (QED) is 0.0321. The third kappa shape index (κ3) is 51.7. The van der Waals surface area contributed by atoms with Crippen LogP contribution >= 0.6 is 0 Å². The molecular weight excluding hydrogens is 851 g/mol. The van der Waals surface area contributed by atoms with Gasteiger partial charge in [-0.05, 0) is 89.9 Å². The summed E-state index contributed by atoms with van der Waals surface area (Å²) in [7, 11) is 0. The van der Waals surface area contributed by atoms with Crippen LogP contribution in [0, 0.1) is 0 Å². The standard InChI is InChI=1S/C63H115NO5/c1-4-7-10-13-16-19-22-25-28-30-32-35-38-41-44-47-50-53-56-63(68)69-59(54-51-48-45-42-39-36-34-31-29-26-23-20-17-14-11-8-5-2)57-62(67)64-60(58-65)61(66)55-52-49-46-43-40-37-33-27-24-21-18-15-12-9-6-3/h17,20,26,29,32,34-36,42,45,59-61,65-66H,4-16,18-19,21-25,27-28,30-31,33,37-41,43-44,46-58H2,1-3H3,(H,64,67)/b20-17-,29-26-,35-32+,36-34-,45-42-. The van der Waals surface area contributed by atoms with E-state index in [1.54, 1.807) is 0 Å². The molecule has 3 atom stereocenters. The first-order chi connectivity index (χ1) is 34.0. The lowest BCUT2D eigenvalue weighted by Crippen LogP contribution is -2.46. The van der Waals surface area contributed by atoms with Gasteiger partial charge in [0.25, 0.3) is 0 Å². The fraction of sp³-hybridized carbons (Fsp3) is 0.810. The van der Waals surface area contributed by atoms with Crippen LogP contribution < -0.4 is 5.32 Å². The number of carbonyl (C=O) groups excluding carboxylic acids is 2. The number of esters is 1. The average molecular weight is 967 g/mol. The molecule has 0 heterocycles. The normalized spacial score (nSPS) is 13.5. The molecule has 0 aromatic heterocycles. The van der Waals surface area contributed by atoms with Crippen molar-refractivity contribution < 1.29 is 24.5 Å². The summed E-state index contributed by atoms with van der Waals surface area (Å²) in [5.74, 6) is -0.529. The molecule has 6 nitrogen and oxygen atoms in total. The summed E-state index contributed by atoms with van der Waals surface area (Å²) >= 11 is 0. The summed E-state index contributed by atoms with van der Waals surface area (Å²) in [6.07, 6.45) is 71.5. The zero-order valence-corrected chi connectivity index (χ0v) is 45.9. The topological polar surface area (TPSA) is 95.9 Å². The molecule has 1 amide bonds. The monoisotopic (exact) mass is 966 g/mol. The molecule has 0 spiro atoms. The zero-order chi connectivity index (χ0) is 50.2. The highest BCUT2D eigenvalue weighted by Gasteiger charge is 2.24. The lowest BCUT2D eigenvalue weighted by molar-refractivity contribution is -0.151. The van der Waals surface area contributed by atoms with Gasteiger partial charge < -0.3 is 20.3 Å². The van der Waals surface area contributed by atoms with Crippen molar-refractivity contribution in [1.82, 2.24) is 5.32 Å². The number of aliphatic hydroxyl groups excluding tert-OH is 2. The number of hydrogen-bond donors (Lipinski definition) is 3. The second-order valence-electron chi connectivity index (χ2n) is 20.4. The highest BCUT2D eigenvalue weighted by Crippen LogP contribution is 2.18. The Morgan fingerprint density at radius 2 is 0.754 bits per heavy atom. The Bertz CT molecular complexity index is 1220. The van der Waals surface area contributed by atoms with Crippen molar-refractivity contribution in [3.8, 4) is 0 Å². The van der Waals surface area contributed by atoms with Gasteiger partial charge in [0.1, 0.15) is 6.10 Å². The van der Waals surface area contributed by atoms with E-state index >= 15 is 0 Å². The van der Waals surface area contributed by atoms with E-state index in [1.165, 1.54) is 180 Å². The maximum atomic E-state index is 13.3. The molecule has 3 unspecified atom stereocenters. The molecule has 0 saturated heterocycles. The number of hydrogen-bond acceptors (Lipinski definition) is 5. The minimum atomic E-state index is -0.806.